The number of rotatable bonds is 14. The number of aliphatic carboxylic acids is 1. The summed E-state index contributed by atoms with van der Waals surface area (Å²) in [6.07, 6.45) is 5.67. The molecule has 0 aliphatic rings. The van der Waals surface area contributed by atoms with E-state index in [0.717, 1.165) is 49.4 Å². The average molecular weight is 676 g/mol. The fourth-order valence-corrected chi connectivity index (χ4v) is 6.41. The van der Waals surface area contributed by atoms with Crippen LogP contribution in [-0.4, -0.2) is 67.9 Å². The fourth-order valence-electron chi connectivity index (χ4n) is 6.41. The second-order valence-electron chi connectivity index (χ2n) is 13.0. The largest absolute Gasteiger partial charge is 0.480 e. The summed E-state index contributed by atoms with van der Waals surface area (Å²) in [6.45, 7) is 3.57. The van der Waals surface area contributed by atoms with Gasteiger partial charge >= 0.3 is 5.97 Å². The summed E-state index contributed by atoms with van der Waals surface area (Å²) in [5.74, 6) is -3.33. The Kier molecular flexibility index (Phi) is 10.0. The summed E-state index contributed by atoms with van der Waals surface area (Å²) < 4.78 is 0. The van der Waals surface area contributed by atoms with Crippen molar-refractivity contribution >= 4 is 56.4 Å². The lowest BCUT2D eigenvalue weighted by atomic mass is 9.99. The quantitative estimate of drug-likeness (QED) is 0.0866. The van der Waals surface area contributed by atoms with Crippen LogP contribution in [0.4, 0.5) is 0 Å². The summed E-state index contributed by atoms with van der Waals surface area (Å²) >= 11 is 0. The third-order valence-electron chi connectivity index (χ3n) is 9.14. The molecule has 0 radical (unpaired) electrons. The van der Waals surface area contributed by atoms with Crippen LogP contribution in [0.2, 0.25) is 0 Å². The number of aromatic nitrogens is 3. The molecule has 3 aromatic carbocycles. The van der Waals surface area contributed by atoms with Crippen molar-refractivity contribution in [3.63, 3.8) is 0 Å². The second kappa shape index (κ2) is 14.7. The molecule has 0 aliphatic carbocycles. The van der Waals surface area contributed by atoms with Crippen molar-refractivity contribution in [2.45, 2.75) is 57.3 Å². The summed E-state index contributed by atoms with van der Waals surface area (Å²) in [7, 11) is 0. The van der Waals surface area contributed by atoms with Crippen molar-refractivity contribution < 1.29 is 24.3 Å². The van der Waals surface area contributed by atoms with Crippen molar-refractivity contribution in [1.29, 1.82) is 0 Å². The minimum atomic E-state index is -1.27. The van der Waals surface area contributed by atoms with E-state index in [4.69, 9.17) is 5.73 Å². The van der Waals surface area contributed by atoms with E-state index in [1.54, 1.807) is 26.2 Å². The van der Waals surface area contributed by atoms with Gasteiger partial charge in [-0.05, 0) is 47.2 Å². The maximum absolute atomic E-state index is 13.9. The van der Waals surface area contributed by atoms with Gasteiger partial charge in [0.05, 0.1) is 6.04 Å². The molecule has 0 spiro atoms. The van der Waals surface area contributed by atoms with Crippen LogP contribution in [0.25, 0.3) is 32.7 Å². The summed E-state index contributed by atoms with van der Waals surface area (Å²) in [5.41, 5.74) is 11.3. The van der Waals surface area contributed by atoms with Gasteiger partial charge in [-0.3, -0.25) is 14.4 Å². The van der Waals surface area contributed by atoms with Crippen LogP contribution in [0.1, 0.15) is 30.5 Å². The van der Waals surface area contributed by atoms with Crippen LogP contribution < -0.4 is 21.7 Å². The Morgan fingerprint density at radius 2 is 1.02 bits per heavy atom. The number of hydrogen-bond acceptors (Lipinski definition) is 5. The highest BCUT2D eigenvalue weighted by Crippen LogP contribution is 2.22. The lowest BCUT2D eigenvalue weighted by Gasteiger charge is -2.27. The first-order valence-corrected chi connectivity index (χ1v) is 16.6. The van der Waals surface area contributed by atoms with Gasteiger partial charge in [0.2, 0.25) is 17.7 Å². The summed E-state index contributed by atoms with van der Waals surface area (Å²) in [4.78, 5) is 63.1. The number of amides is 3. The molecule has 12 heteroatoms. The first kappa shape index (κ1) is 34.0. The number of carbonyl (C=O) groups excluding carboxylic acids is 3. The van der Waals surface area contributed by atoms with E-state index >= 15 is 0 Å². The first-order valence-electron chi connectivity index (χ1n) is 16.6. The van der Waals surface area contributed by atoms with Crippen molar-refractivity contribution in [3.05, 3.63) is 108 Å². The summed E-state index contributed by atoms with van der Waals surface area (Å²) in [6, 6.07) is 18.4. The number of aromatic amines is 3. The Bertz CT molecular complexity index is 2160. The number of carbonyl (C=O) groups is 4. The zero-order valence-corrected chi connectivity index (χ0v) is 27.8. The Hall–Kier alpha value is -5.88. The minimum Gasteiger partial charge on any atom is -0.480 e. The predicted octanol–water partition coefficient (Wildman–Crippen LogP) is 3.68. The zero-order valence-electron chi connectivity index (χ0n) is 27.8. The number of para-hydroxylation sites is 3. The van der Waals surface area contributed by atoms with Crippen molar-refractivity contribution in [2.24, 2.45) is 11.7 Å². The van der Waals surface area contributed by atoms with Gasteiger partial charge in [-0.15, -0.1) is 0 Å². The number of fused-ring (bicyclic) bond motifs is 3. The molecule has 0 fully saturated rings. The summed E-state index contributed by atoms with van der Waals surface area (Å²) in [5, 5.41) is 21.1. The first-order chi connectivity index (χ1) is 24.1. The Morgan fingerprint density at radius 1 is 0.600 bits per heavy atom. The van der Waals surface area contributed by atoms with Gasteiger partial charge in [0.25, 0.3) is 0 Å². The van der Waals surface area contributed by atoms with Crippen LogP contribution in [0, 0.1) is 5.92 Å². The van der Waals surface area contributed by atoms with E-state index in [2.05, 4.69) is 30.9 Å². The van der Waals surface area contributed by atoms with Crippen molar-refractivity contribution in [2.75, 3.05) is 0 Å². The molecule has 3 aromatic heterocycles. The molecule has 0 bridgehead atoms. The Labute approximate surface area is 288 Å². The highest BCUT2D eigenvalue weighted by Gasteiger charge is 2.33. The van der Waals surface area contributed by atoms with Gasteiger partial charge in [0, 0.05) is 64.1 Å². The lowest BCUT2D eigenvalue weighted by molar-refractivity contribution is -0.142. The van der Waals surface area contributed by atoms with Crippen LogP contribution in [-0.2, 0) is 38.4 Å². The molecular weight excluding hydrogens is 634 g/mol. The molecule has 4 atom stereocenters. The molecule has 6 aromatic rings. The molecule has 50 heavy (non-hydrogen) atoms. The van der Waals surface area contributed by atoms with E-state index in [1.165, 1.54) is 0 Å². The van der Waals surface area contributed by atoms with E-state index < -0.39 is 47.9 Å². The second-order valence-corrected chi connectivity index (χ2v) is 13.0. The fraction of sp³-hybridized carbons (Fsp3) is 0.263. The normalized spacial score (nSPS) is 14.0. The molecular formula is C38H41N7O5. The number of carboxylic acid groups (broad SMARTS) is 1. The Morgan fingerprint density at radius 3 is 1.48 bits per heavy atom. The smallest absolute Gasteiger partial charge is 0.326 e. The number of hydrogen-bond donors (Lipinski definition) is 8. The van der Waals surface area contributed by atoms with Crippen LogP contribution in [0.3, 0.4) is 0 Å². The number of carboxylic acids is 1. The SMILES string of the molecule is CC(C)C(NC(=O)C(N)Cc1c[nH]c2ccccc12)C(=O)NC(Cc1c[nH]c2ccccc12)C(=O)NC(Cc1c[nH]c2ccccc12)C(=O)O. The average Bonchev–Trinajstić information content (AvgIpc) is 3.83. The van der Waals surface area contributed by atoms with Gasteiger partial charge < -0.3 is 41.7 Å². The predicted molar refractivity (Wildman–Crippen MR) is 192 cm³/mol. The van der Waals surface area contributed by atoms with E-state index in [0.29, 0.717) is 0 Å². The van der Waals surface area contributed by atoms with E-state index in [-0.39, 0.29) is 25.2 Å². The maximum atomic E-state index is 13.9. The van der Waals surface area contributed by atoms with Gasteiger partial charge in [0.15, 0.2) is 0 Å². The van der Waals surface area contributed by atoms with Gasteiger partial charge in [-0.2, -0.15) is 0 Å². The van der Waals surface area contributed by atoms with Gasteiger partial charge in [0.1, 0.15) is 18.1 Å². The van der Waals surface area contributed by atoms with Gasteiger partial charge in [-0.25, -0.2) is 4.79 Å². The molecule has 3 heterocycles. The molecule has 0 saturated carbocycles. The maximum Gasteiger partial charge on any atom is 0.326 e. The minimum absolute atomic E-state index is 0.0256. The number of nitrogens with two attached hydrogens (primary N) is 1. The third kappa shape index (κ3) is 7.40. The third-order valence-corrected chi connectivity index (χ3v) is 9.14. The Balaban J connectivity index is 1.20. The van der Waals surface area contributed by atoms with Crippen LogP contribution in [0.15, 0.2) is 91.4 Å². The molecule has 6 rings (SSSR count). The molecule has 0 aliphatic heterocycles. The van der Waals surface area contributed by atoms with Crippen LogP contribution >= 0.6 is 0 Å². The number of nitrogens with one attached hydrogen (secondary N) is 6. The standard InChI is InChI=1S/C38H41N7O5/c1-21(2)34(45-35(46)28(39)15-22-18-40-29-12-6-3-9-25(22)29)37(48)43-32(16-23-19-41-30-13-7-4-10-26(23)30)36(47)44-33(38(49)50)17-24-20-42-31-14-8-5-11-27(24)31/h3-14,18-21,28,32-34,40-42H,15-17,39H2,1-2H3,(H,43,48)(H,44,47)(H,45,46)(H,49,50). The van der Waals surface area contributed by atoms with Crippen molar-refractivity contribution in [3.8, 4) is 0 Å². The van der Waals surface area contributed by atoms with E-state index in [9.17, 15) is 24.3 Å². The topological polar surface area (TPSA) is 198 Å². The monoisotopic (exact) mass is 675 g/mol. The number of H-pyrrole nitrogens is 3. The number of benzene rings is 3. The van der Waals surface area contributed by atoms with Crippen molar-refractivity contribution in [1.82, 2.24) is 30.9 Å². The van der Waals surface area contributed by atoms with E-state index in [1.807, 2.05) is 79.0 Å². The molecule has 9 N–H and O–H groups in total. The molecule has 3 amide bonds. The van der Waals surface area contributed by atoms with Gasteiger partial charge in [-0.1, -0.05) is 68.4 Å². The highest BCUT2D eigenvalue weighted by molar-refractivity contribution is 5.95. The molecule has 0 saturated heterocycles. The lowest BCUT2D eigenvalue weighted by Crippen LogP contribution is -2.59. The van der Waals surface area contributed by atoms with Crippen LogP contribution in [0.5, 0.6) is 0 Å². The molecule has 4 unspecified atom stereocenters. The zero-order chi connectivity index (χ0) is 35.4. The molecule has 258 valence electrons. The molecule has 12 nitrogen and oxygen atoms in total. The highest BCUT2D eigenvalue weighted by atomic mass is 16.4.